The second kappa shape index (κ2) is 17.9. The molecule has 0 saturated carbocycles. The van der Waals surface area contributed by atoms with Crippen molar-refractivity contribution in [3.05, 3.63) is 82.6 Å². The summed E-state index contributed by atoms with van der Waals surface area (Å²) >= 11 is 0. The van der Waals surface area contributed by atoms with Gasteiger partial charge in [0, 0.05) is 70.7 Å². The van der Waals surface area contributed by atoms with Crippen molar-refractivity contribution in [2.45, 2.75) is 60.3 Å². The molecule has 0 bridgehead atoms. The number of pyridine rings is 1. The summed E-state index contributed by atoms with van der Waals surface area (Å²) in [6.45, 7) is 13.7. The second-order valence-electron chi connectivity index (χ2n) is 14.4. The van der Waals surface area contributed by atoms with Gasteiger partial charge in [0.2, 0.25) is 23.7 Å². The van der Waals surface area contributed by atoms with Crippen LogP contribution in [0.5, 0.6) is 5.75 Å². The van der Waals surface area contributed by atoms with E-state index >= 15 is 0 Å². The number of piperazine rings is 1. The van der Waals surface area contributed by atoms with Crippen LogP contribution in [0.3, 0.4) is 0 Å². The van der Waals surface area contributed by atoms with Crippen LogP contribution in [0.15, 0.2) is 48.7 Å². The van der Waals surface area contributed by atoms with Crippen LogP contribution in [-0.4, -0.2) is 112 Å². The van der Waals surface area contributed by atoms with Crippen LogP contribution >= 0.6 is 0 Å². The first-order valence-electron chi connectivity index (χ1n) is 19.9. The maximum absolute atomic E-state index is 13.8. The van der Waals surface area contributed by atoms with Crippen molar-refractivity contribution in [1.29, 1.82) is 0 Å². The predicted molar refractivity (Wildman–Crippen MR) is 224 cm³/mol. The van der Waals surface area contributed by atoms with Crippen LogP contribution in [0, 0.1) is 13.8 Å². The van der Waals surface area contributed by atoms with E-state index in [2.05, 4.69) is 41.0 Å². The molecule has 0 atom stereocenters. The molecule has 5 aromatic heterocycles. The number of nitrogens with one attached hydrogen (secondary N) is 3. The van der Waals surface area contributed by atoms with E-state index in [0.717, 1.165) is 39.1 Å². The van der Waals surface area contributed by atoms with Gasteiger partial charge in [-0.25, -0.2) is 15.0 Å². The Labute approximate surface area is 344 Å². The van der Waals surface area contributed by atoms with E-state index in [1.807, 2.05) is 32.9 Å². The smallest absolute Gasteiger partial charge is 0.276 e. The summed E-state index contributed by atoms with van der Waals surface area (Å²) < 4.78 is 13.1. The maximum atomic E-state index is 13.8. The van der Waals surface area contributed by atoms with Crippen molar-refractivity contribution in [2.24, 2.45) is 11.5 Å². The Balaban J connectivity index is 1.22. The molecular formula is C40H49N15O5. The number of nitrogens with two attached hydrogens (primary N) is 2. The van der Waals surface area contributed by atoms with Gasteiger partial charge in [0.1, 0.15) is 28.2 Å². The van der Waals surface area contributed by atoms with Crippen molar-refractivity contribution < 1.29 is 23.9 Å². The van der Waals surface area contributed by atoms with Crippen LogP contribution in [0.2, 0.25) is 0 Å². The fourth-order valence-electron chi connectivity index (χ4n) is 7.20. The van der Waals surface area contributed by atoms with Crippen molar-refractivity contribution in [2.75, 3.05) is 50.0 Å². The zero-order valence-electron chi connectivity index (χ0n) is 34.1. The Morgan fingerprint density at radius 2 is 1.35 bits per heavy atom. The van der Waals surface area contributed by atoms with E-state index in [9.17, 15) is 19.2 Å². The molecular weight excluding hydrogens is 771 g/mol. The standard InChI is InChI=1S/C40H49N15O5/c1-5-54-30(18-24(3)49-54)37(58)47-39-45-28-20-26(34(41)56)22-32(60-17-9-12-51-15-10-43-11-16-51)33(28)52(39)13-7-8-14-53-36-29(21-27(23-44-36)35(42)57)46-40(53)48-38(59)31-19-25(4)50-55(31)6-2/h7-8,18-23,43H,5-6,9-17H2,1-4H3,(H2,41,56)(H2,42,57)(H,45,47,58)(H,46,48,59)/b8-7+. The van der Waals surface area contributed by atoms with Gasteiger partial charge in [-0.2, -0.15) is 10.2 Å². The minimum atomic E-state index is -0.664. The number of primary amides is 2. The maximum Gasteiger partial charge on any atom is 0.276 e. The number of carbonyl (C=O) groups is 4. The molecule has 1 aromatic carbocycles. The van der Waals surface area contributed by atoms with Gasteiger partial charge in [-0.05, 0) is 64.4 Å². The van der Waals surface area contributed by atoms with Crippen molar-refractivity contribution in [3.8, 4) is 5.75 Å². The average molecular weight is 820 g/mol. The Bertz CT molecular complexity index is 2610. The summed E-state index contributed by atoms with van der Waals surface area (Å²) in [5.74, 6) is -1.37. The van der Waals surface area contributed by atoms with Crippen LogP contribution in [-0.2, 0) is 26.2 Å². The highest BCUT2D eigenvalue weighted by molar-refractivity contribution is 6.05. The van der Waals surface area contributed by atoms with E-state index in [-0.39, 0.29) is 36.1 Å². The average Bonchev–Trinajstić information content (AvgIpc) is 4.00. The first kappa shape index (κ1) is 41.2. The number of rotatable bonds is 17. The largest absolute Gasteiger partial charge is 0.491 e. The first-order chi connectivity index (χ1) is 28.9. The third kappa shape index (κ3) is 8.88. The fraction of sp³-hybridized carbons (Fsp3) is 0.375. The molecule has 4 amide bonds. The molecule has 0 spiro atoms. The Morgan fingerprint density at radius 1 is 0.783 bits per heavy atom. The summed E-state index contributed by atoms with van der Waals surface area (Å²) in [7, 11) is 0. The summed E-state index contributed by atoms with van der Waals surface area (Å²) in [6.07, 6.45) is 5.81. The van der Waals surface area contributed by atoms with E-state index in [4.69, 9.17) is 21.2 Å². The topological polar surface area (TPSA) is 253 Å². The molecule has 6 heterocycles. The summed E-state index contributed by atoms with van der Waals surface area (Å²) in [5.41, 5.74) is 15.5. The van der Waals surface area contributed by atoms with Gasteiger partial charge >= 0.3 is 0 Å². The van der Waals surface area contributed by atoms with Gasteiger partial charge in [0.05, 0.1) is 29.1 Å². The zero-order chi connectivity index (χ0) is 42.5. The number of aromatic nitrogens is 9. The lowest BCUT2D eigenvalue weighted by Gasteiger charge is -2.27. The Kier molecular flexibility index (Phi) is 12.3. The normalized spacial score (nSPS) is 13.4. The molecule has 20 heteroatoms. The van der Waals surface area contributed by atoms with Crippen molar-refractivity contribution >= 4 is 57.7 Å². The fourth-order valence-corrected chi connectivity index (χ4v) is 7.20. The number of ether oxygens (including phenoxy) is 1. The minimum Gasteiger partial charge on any atom is -0.491 e. The van der Waals surface area contributed by atoms with Gasteiger partial charge in [0.25, 0.3) is 11.8 Å². The molecule has 0 aliphatic carbocycles. The van der Waals surface area contributed by atoms with E-state index in [1.54, 1.807) is 49.7 Å². The molecule has 0 unspecified atom stereocenters. The van der Waals surface area contributed by atoms with Crippen molar-refractivity contribution in [1.82, 2.24) is 53.9 Å². The molecule has 1 fully saturated rings. The molecule has 0 radical (unpaired) electrons. The SMILES string of the molecule is CCn1nc(C)cc1C(=O)Nc1nc2cc(C(N)=O)cnc2n1C/C=C/Cn1c(NC(=O)c2cc(C)nn2CC)nc2cc(C(N)=O)cc(OCCCN3CCNCC3)c21. The molecule has 7 rings (SSSR count). The quantitative estimate of drug-likeness (QED) is 0.0658. The van der Waals surface area contributed by atoms with Gasteiger partial charge in [-0.15, -0.1) is 0 Å². The number of anilines is 2. The number of aryl methyl sites for hydroxylation is 4. The van der Waals surface area contributed by atoms with Crippen LogP contribution in [0.4, 0.5) is 11.9 Å². The number of imidazole rings is 2. The van der Waals surface area contributed by atoms with Gasteiger partial charge < -0.3 is 31.0 Å². The number of allylic oxidation sites excluding steroid dienone is 2. The molecule has 1 aliphatic heterocycles. The number of fused-ring (bicyclic) bond motifs is 2. The third-order valence-corrected chi connectivity index (χ3v) is 10.1. The lowest BCUT2D eigenvalue weighted by atomic mass is 10.1. The second-order valence-corrected chi connectivity index (χ2v) is 14.4. The number of hydrogen-bond acceptors (Lipinski definition) is 12. The van der Waals surface area contributed by atoms with Gasteiger partial charge in [-0.3, -0.25) is 43.7 Å². The van der Waals surface area contributed by atoms with Gasteiger partial charge in [-0.1, -0.05) is 12.2 Å². The van der Waals surface area contributed by atoms with E-state index < -0.39 is 23.6 Å². The third-order valence-electron chi connectivity index (χ3n) is 10.1. The van der Waals surface area contributed by atoms with Gasteiger partial charge in [0.15, 0.2) is 5.65 Å². The zero-order valence-corrected chi connectivity index (χ0v) is 34.1. The number of nitrogens with zero attached hydrogens (tertiary/aromatic N) is 10. The molecule has 60 heavy (non-hydrogen) atoms. The first-order valence-corrected chi connectivity index (χ1v) is 19.9. The molecule has 314 valence electrons. The van der Waals surface area contributed by atoms with E-state index in [0.29, 0.717) is 70.4 Å². The molecule has 1 aliphatic rings. The minimum absolute atomic E-state index is 0.167. The number of benzene rings is 1. The van der Waals surface area contributed by atoms with Crippen LogP contribution < -0.4 is 32.2 Å². The van der Waals surface area contributed by atoms with E-state index in [1.165, 1.54) is 12.3 Å². The van der Waals surface area contributed by atoms with Crippen LogP contribution in [0.25, 0.3) is 22.2 Å². The molecule has 7 N–H and O–H groups in total. The summed E-state index contributed by atoms with van der Waals surface area (Å²) in [6, 6.07) is 8.09. The summed E-state index contributed by atoms with van der Waals surface area (Å²) in [4.78, 5) is 68.0. The highest BCUT2D eigenvalue weighted by atomic mass is 16.5. The lowest BCUT2D eigenvalue weighted by Crippen LogP contribution is -2.43. The lowest BCUT2D eigenvalue weighted by molar-refractivity contribution is 0.0991. The van der Waals surface area contributed by atoms with Crippen molar-refractivity contribution in [3.63, 3.8) is 0 Å². The Hall–Kier alpha value is -6.93. The predicted octanol–water partition coefficient (Wildman–Crippen LogP) is 2.46. The molecule has 1 saturated heterocycles. The molecule has 20 nitrogen and oxygen atoms in total. The number of hydrogen-bond donors (Lipinski definition) is 5. The highest BCUT2D eigenvalue weighted by Crippen LogP contribution is 2.32. The Morgan fingerprint density at radius 3 is 1.95 bits per heavy atom. The molecule has 6 aromatic rings. The summed E-state index contributed by atoms with van der Waals surface area (Å²) in [5, 5.41) is 18.0. The number of carbonyl (C=O) groups excluding carboxylic acids is 4. The van der Waals surface area contributed by atoms with Crippen LogP contribution in [0.1, 0.15) is 73.3 Å². The monoisotopic (exact) mass is 819 g/mol. The number of amides is 4. The highest BCUT2D eigenvalue weighted by Gasteiger charge is 2.23.